The van der Waals surface area contributed by atoms with Gasteiger partial charge in [0.05, 0.1) is 19.8 Å². The average molecular weight is 538 g/mol. The van der Waals surface area contributed by atoms with Crippen LogP contribution in [-0.2, 0) is 22.6 Å². The summed E-state index contributed by atoms with van der Waals surface area (Å²) in [6.45, 7) is 6.01. The van der Waals surface area contributed by atoms with Crippen molar-refractivity contribution in [1.29, 1.82) is 0 Å². The van der Waals surface area contributed by atoms with Crippen molar-refractivity contribution in [2.45, 2.75) is 20.0 Å². The number of nitrogens with zero attached hydrogens (tertiary/aromatic N) is 3. The lowest BCUT2D eigenvalue weighted by Gasteiger charge is -2.31. The quantitative estimate of drug-likeness (QED) is 0.392. The Bertz CT molecular complexity index is 1310. The second-order valence-corrected chi connectivity index (χ2v) is 9.64. The zero-order valence-electron chi connectivity index (χ0n) is 21.9. The van der Waals surface area contributed by atoms with Gasteiger partial charge in [0.1, 0.15) is 23.9 Å². The van der Waals surface area contributed by atoms with Gasteiger partial charge < -0.3 is 28.4 Å². The van der Waals surface area contributed by atoms with E-state index in [-0.39, 0.29) is 37.9 Å². The Morgan fingerprint density at radius 1 is 0.949 bits per heavy atom. The summed E-state index contributed by atoms with van der Waals surface area (Å²) < 4.78 is 36.0. The number of aryl methyl sites for hydroxylation is 1. The average Bonchev–Trinajstić information content (AvgIpc) is 3.58. The van der Waals surface area contributed by atoms with Crippen molar-refractivity contribution in [2.24, 2.45) is 0 Å². The van der Waals surface area contributed by atoms with Crippen LogP contribution < -0.4 is 9.47 Å². The number of carbonyl (C=O) groups excluding carboxylic acids is 2. The molecule has 0 spiro atoms. The van der Waals surface area contributed by atoms with Crippen LogP contribution in [0.1, 0.15) is 27.4 Å². The van der Waals surface area contributed by atoms with Gasteiger partial charge in [-0.2, -0.15) is 0 Å². The van der Waals surface area contributed by atoms with Crippen LogP contribution in [0.15, 0.2) is 59.0 Å². The van der Waals surface area contributed by atoms with Crippen LogP contribution in [0.25, 0.3) is 0 Å². The van der Waals surface area contributed by atoms with Crippen LogP contribution in [-0.4, -0.2) is 79.2 Å². The van der Waals surface area contributed by atoms with Crippen LogP contribution in [0.2, 0.25) is 0 Å². The van der Waals surface area contributed by atoms with Crippen LogP contribution in [0, 0.1) is 12.7 Å². The monoisotopic (exact) mass is 537 g/mol. The second kappa shape index (κ2) is 12.3. The maximum absolute atomic E-state index is 13.9. The Morgan fingerprint density at radius 2 is 1.77 bits per heavy atom. The number of halogens is 1. The third kappa shape index (κ3) is 6.96. The van der Waals surface area contributed by atoms with Gasteiger partial charge in [-0.25, -0.2) is 4.39 Å². The van der Waals surface area contributed by atoms with Crippen molar-refractivity contribution < 1.29 is 32.6 Å². The summed E-state index contributed by atoms with van der Waals surface area (Å²) >= 11 is 0. The summed E-state index contributed by atoms with van der Waals surface area (Å²) in [7, 11) is 0. The fraction of sp³-hybridized carbons (Fsp3) is 0.379. The molecule has 0 unspecified atom stereocenters. The number of amides is 2. The van der Waals surface area contributed by atoms with E-state index in [1.807, 2.05) is 37.3 Å². The minimum Gasteiger partial charge on any atom is -0.464 e. The van der Waals surface area contributed by atoms with Crippen molar-refractivity contribution in [3.8, 4) is 11.5 Å². The van der Waals surface area contributed by atoms with E-state index in [9.17, 15) is 14.0 Å². The zero-order chi connectivity index (χ0) is 27.2. The van der Waals surface area contributed by atoms with Gasteiger partial charge in [-0.1, -0.05) is 12.1 Å². The molecule has 206 valence electrons. The van der Waals surface area contributed by atoms with E-state index >= 15 is 0 Å². The first kappa shape index (κ1) is 26.7. The Balaban J connectivity index is 1.35. The number of benzene rings is 2. The molecule has 3 heterocycles. The first-order chi connectivity index (χ1) is 18.9. The zero-order valence-corrected chi connectivity index (χ0v) is 21.9. The van der Waals surface area contributed by atoms with Gasteiger partial charge in [-0.3, -0.25) is 14.5 Å². The SMILES string of the molecule is Cc1ccc(CN(Cc2ccc3c(c2)OCO3)C(=O)CN(CCN2CCOCC2)C(=O)c2cccc(F)c2)o1. The Kier molecular flexibility index (Phi) is 8.43. The summed E-state index contributed by atoms with van der Waals surface area (Å²) in [5.41, 5.74) is 1.06. The van der Waals surface area contributed by atoms with Crippen molar-refractivity contribution in [3.63, 3.8) is 0 Å². The van der Waals surface area contributed by atoms with Crippen LogP contribution in [0.3, 0.4) is 0 Å². The van der Waals surface area contributed by atoms with Crippen LogP contribution in [0.5, 0.6) is 11.5 Å². The molecule has 0 radical (unpaired) electrons. The molecule has 1 aromatic heterocycles. The third-order valence-electron chi connectivity index (χ3n) is 6.78. The van der Waals surface area contributed by atoms with Crippen molar-refractivity contribution >= 4 is 11.8 Å². The van der Waals surface area contributed by atoms with E-state index in [1.165, 1.54) is 23.1 Å². The molecular weight excluding hydrogens is 505 g/mol. The van der Waals surface area contributed by atoms with Gasteiger partial charge in [-0.05, 0) is 55.0 Å². The fourth-order valence-corrected chi connectivity index (χ4v) is 4.66. The molecule has 2 aliphatic rings. The largest absolute Gasteiger partial charge is 0.464 e. The number of furan rings is 1. The van der Waals surface area contributed by atoms with Crippen LogP contribution in [0.4, 0.5) is 4.39 Å². The highest BCUT2D eigenvalue weighted by Gasteiger charge is 2.25. The summed E-state index contributed by atoms with van der Waals surface area (Å²) in [5.74, 6) is 1.52. The Hall–Kier alpha value is -3.89. The highest BCUT2D eigenvalue weighted by atomic mass is 19.1. The molecule has 1 fully saturated rings. The molecule has 3 aromatic rings. The van der Waals surface area contributed by atoms with Gasteiger partial charge in [0.15, 0.2) is 11.5 Å². The van der Waals surface area contributed by atoms with Crippen molar-refractivity contribution in [3.05, 3.63) is 83.1 Å². The lowest BCUT2D eigenvalue weighted by molar-refractivity contribution is -0.133. The molecule has 0 aliphatic carbocycles. The number of morpholine rings is 1. The number of carbonyl (C=O) groups is 2. The van der Waals surface area contributed by atoms with Crippen LogP contribution >= 0.6 is 0 Å². The number of hydrogen-bond donors (Lipinski definition) is 0. The minimum absolute atomic E-state index is 0.160. The smallest absolute Gasteiger partial charge is 0.254 e. The lowest BCUT2D eigenvalue weighted by atomic mass is 10.1. The molecule has 0 bridgehead atoms. The summed E-state index contributed by atoms with van der Waals surface area (Å²) in [6.07, 6.45) is 0. The Labute approximate surface area is 226 Å². The molecule has 1 saturated heterocycles. The first-order valence-corrected chi connectivity index (χ1v) is 13.0. The van der Waals surface area contributed by atoms with Gasteiger partial charge in [-0.15, -0.1) is 0 Å². The fourth-order valence-electron chi connectivity index (χ4n) is 4.66. The predicted octanol–water partition coefficient (Wildman–Crippen LogP) is 3.46. The van der Waals surface area contributed by atoms with E-state index in [0.717, 1.165) is 24.4 Å². The summed E-state index contributed by atoms with van der Waals surface area (Å²) in [4.78, 5) is 32.6. The molecule has 10 heteroatoms. The van der Waals surface area contributed by atoms with E-state index in [0.29, 0.717) is 43.6 Å². The molecule has 2 aromatic carbocycles. The molecule has 2 aliphatic heterocycles. The van der Waals surface area contributed by atoms with Crippen molar-refractivity contribution in [2.75, 3.05) is 52.7 Å². The highest BCUT2D eigenvalue weighted by Crippen LogP contribution is 2.33. The number of hydrogen-bond acceptors (Lipinski definition) is 7. The minimum atomic E-state index is -0.502. The Morgan fingerprint density at radius 3 is 2.54 bits per heavy atom. The molecule has 2 amide bonds. The number of rotatable bonds is 10. The highest BCUT2D eigenvalue weighted by molar-refractivity contribution is 5.96. The van der Waals surface area contributed by atoms with E-state index in [2.05, 4.69) is 4.90 Å². The third-order valence-corrected chi connectivity index (χ3v) is 6.78. The summed E-state index contributed by atoms with van der Waals surface area (Å²) in [5, 5.41) is 0. The predicted molar refractivity (Wildman–Crippen MR) is 140 cm³/mol. The number of fused-ring (bicyclic) bond motifs is 1. The molecule has 0 saturated carbocycles. The van der Waals surface area contributed by atoms with Gasteiger partial charge in [0, 0.05) is 38.3 Å². The van der Waals surface area contributed by atoms with Crippen molar-refractivity contribution in [1.82, 2.24) is 14.7 Å². The molecule has 39 heavy (non-hydrogen) atoms. The molecule has 9 nitrogen and oxygen atoms in total. The maximum Gasteiger partial charge on any atom is 0.254 e. The van der Waals surface area contributed by atoms with Gasteiger partial charge in [0.25, 0.3) is 5.91 Å². The number of ether oxygens (including phenoxy) is 3. The van der Waals surface area contributed by atoms with Gasteiger partial charge >= 0.3 is 0 Å². The molecule has 5 rings (SSSR count). The summed E-state index contributed by atoms with van der Waals surface area (Å²) in [6, 6.07) is 14.8. The van der Waals surface area contributed by atoms with Gasteiger partial charge in [0.2, 0.25) is 12.7 Å². The maximum atomic E-state index is 13.9. The molecular formula is C29H32FN3O6. The lowest BCUT2D eigenvalue weighted by Crippen LogP contribution is -2.47. The van der Waals surface area contributed by atoms with E-state index < -0.39 is 11.7 Å². The molecule has 0 atom stereocenters. The van der Waals surface area contributed by atoms with E-state index in [1.54, 1.807) is 11.0 Å². The topological polar surface area (TPSA) is 84.7 Å². The normalized spacial score (nSPS) is 14.8. The van der Waals surface area contributed by atoms with E-state index in [4.69, 9.17) is 18.6 Å². The molecule has 0 N–H and O–H groups in total. The standard InChI is InChI=1S/C29H32FN3O6/c1-21-5-7-25(39-21)18-33(17-22-6-8-26-27(15-22)38-20-37-26)28(34)19-32(10-9-31-11-13-36-14-12-31)29(35)23-3-2-4-24(30)16-23/h2-8,15-16H,9-14,17-20H2,1H3. The first-order valence-electron chi connectivity index (χ1n) is 13.0. The second-order valence-electron chi connectivity index (χ2n) is 9.64.